The highest BCUT2D eigenvalue weighted by molar-refractivity contribution is 5.65. The van der Waals surface area contributed by atoms with Gasteiger partial charge in [0.1, 0.15) is 0 Å². The fraction of sp³-hybridized carbons (Fsp3) is 0.533. The summed E-state index contributed by atoms with van der Waals surface area (Å²) in [5.74, 6) is 0.458. The third-order valence-electron chi connectivity index (χ3n) is 3.86. The highest BCUT2D eigenvalue weighted by Gasteiger charge is 2.23. The normalized spacial score (nSPS) is 23.0. The van der Waals surface area contributed by atoms with Crippen LogP contribution in [0.15, 0.2) is 30.3 Å². The van der Waals surface area contributed by atoms with Crippen molar-refractivity contribution >= 4 is 6.09 Å². The van der Waals surface area contributed by atoms with E-state index in [2.05, 4.69) is 0 Å². The average molecular weight is 262 g/mol. The smallest absolute Gasteiger partial charge is 0.407 e. The van der Waals surface area contributed by atoms with Crippen molar-refractivity contribution in [3.63, 3.8) is 0 Å². The maximum absolute atomic E-state index is 11.3. The molecule has 104 valence electrons. The highest BCUT2D eigenvalue weighted by Crippen LogP contribution is 2.24. The molecule has 1 aliphatic rings. The maximum atomic E-state index is 11.3. The summed E-state index contributed by atoms with van der Waals surface area (Å²) in [5.41, 5.74) is 6.92. The van der Waals surface area contributed by atoms with E-state index in [1.165, 1.54) is 4.90 Å². The minimum Gasteiger partial charge on any atom is -0.465 e. The van der Waals surface area contributed by atoms with Gasteiger partial charge in [-0.3, -0.25) is 0 Å². The molecule has 0 atom stereocenters. The predicted molar refractivity (Wildman–Crippen MR) is 74.8 cm³/mol. The van der Waals surface area contributed by atoms with Gasteiger partial charge in [-0.25, -0.2) is 4.79 Å². The fourth-order valence-electron chi connectivity index (χ4n) is 2.70. The molecule has 0 heterocycles. The summed E-state index contributed by atoms with van der Waals surface area (Å²) in [6, 6.07) is 10.1. The summed E-state index contributed by atoms with van der Waals surface area (Å²) in [7, 11) is 0. The van der Waals surface area contributed by atoms with Gasteiger partial charge in [0, 0.05) is 19.1 Å². The van der Waals surface area contributed by atoms with Gasteiger partial charge >= 0.3 is 6.09 Å². The summed E-state index contributed by atoms with van der Waals surface area (Å²) in [6.07, 6.45) is 3.28. The van der Waals surface area contributed by atoms with Gasteiger partial charge in [-0.1, -0.05) is 30.3 Å². The molecule has 1 aromatic carbocycles. The number of hydrogen-bond donors (Lipinski definition) is 2. The van der Waals surface area contributed by atoms with E-state index in [1.54, 1.807) is 0 Å². The molecule has 1 aromatic rings. The number of benzene rings is 1. The van der Waals surface area contributed by atoms with Crippen LogP contribution in [0.4, 0.5) is 4.79 Å². The van der Waals surface area contributed by atoms with Crippen LogP contribution in [0.1, 0.15) is 31.2 Å². The van der Waals surface area contributed by atoms with E-state index in [-0.39, 0.29) is 0 Å². The van der Waals surface area contributed by atoms with Crippen LogP contribution in [0.3, 0.4) is 0 Å². The van der Waals surface area contributed by atoms with Crippen LogP contribution in [0.25, 0.3) is 0 Å². The number of carboxylic acid groups (broad SMARTS) is 1. The molecule has 1 saturated carbocycles. The molecule has 1 fully saturated rings. The first kappa shape index (κ1) is 13.9. The lowest BCUT2D eigenvalue weighted by atomic mass is 9.86. The molecule has 4 heteroatoms. The van der Waals surface area contributed by atoms with Crippen molar-refractivity contribution in [2.75, 3.05) is 6.54 Å². The summed E-state index contributed by atoms with van der Waals surface area (Å²) in [6.45, 7) is 1.09. The van der Waals surface area contributed by atoms with Crippen LogP contribution in [-0.2, 0) is 6.54 Å². The van der Waals surface area contributed by atoms with Gasteiger partial charge in [-0.15, -0.1) is 0 Å². The zero-order valence-electron chi connectivity index (χ0n) is 11.2. The molecule has 0 aliphatic heterocycles. The highest BCUT2D eigenvalue weighted by atomic mass is 16.4. The van der Waals surface area contributed by atoms with Gasteiger partial charge in [0.25, 0.3) is 0 Å². The molecule has 0 unspecified atom stereocenters. The topological polar surface area (TPSA) is 66.6 Å². The molecule has 4 nitrogen and oxygen atoms in total. The lowest BCUT2D eigenvalue weighted by molar-refractivity contribution is 0.126. The first-order valence-corrected chi connectivity index (χ1v) is 6.92. The standard InChI is InChI=1S/C15H22N2O2/c16-14-8-6-13(7-9-14)11-17(15(18)19)10-12-4-2-1-3-5-12/h1-5,13-14H,6-11,16H2,(H,18,19). The summed E-state index contributed by atoms with van der Waals surface area (Å²) >= 11 is 0. The number of rotatable bonds is 4. The molecule has 2 rings (SSSR count). The monoisotopic (exact) mass is 262 g/mol. The summed E-state index contributed by atoms with van der Waals surface area (Å²) in [4.78, 5) is 12.9. The second kappa shape index (κ2) is 6.57. The van der Waals surface area contributed by atoms with Crippen molar-refractivity contribution in [2.45, 2.75) is 38.3 Å². The second-order valence-corrected chi connectivity index (χ2v) is 5.43. The lowest BCUT2D eigenvalue weighted by Gasteiger charge is -2.30. The van der Waals surface area contributed by atoms with E-state index in [4.69, 9.17) is 5.73 Å². The van der Waals surface area contributed by atoms with Crippen LogP contribution >= 0.6 is 0 Å². The van der Waals surface area contributed by atoms with Crippen LogP contribution in [0.2, 0.25) is 0 Å². The Morgan fingerprint density at radius 1 is 1.21 bits per heavy atom. The van der Waals surface area contributed by atoms with E-state index in [9.17, 15) is 9.90 Å². The molecular formula is C15H22N2O2. The SMILES string of the molecule is NC1CCC(CN(Cc2ccccc2)C(=O)O)CC1. The minimum absolute atomic E-state index is 0.309. The van der Waals surface area contributed by atoms with Crippen molar-refractivity contribution in [2.24, 2.45) is 11.7 Å². The Labute approximate surface area is 114 Å². The Hall–Kier alpha value is -1.55. The van der Waals surface area contributed by atoms with Crippen LogP contribution in [0, 0.1) is 5.92 Å². The third kappa shape index (κ3) is 4.24. The molecule has 1 amide bonds. The second-order valence-electron chi connectivity index (χ2n) is 5.43. The molecule has 0 aromatic heterocycles. The van der Waals surface area contributed by atoms with Crippen LogP contribution < -0.4 is 5.73 Å². The zero-order valence-corrected chi connectivity index (χ0v) is 11.2. The number of nitrogens with two attached hydrogens (primary N) is 1. The number of nitrogens with zero attached hydrogens (tertiary/aromatic N) is 1. The molecule has 0 spiro atoms. The fourth-order valence-corrected chi connectivity index (χ4v) is 2.70. The molecular weight excluding hydrogens is 240 g/mol. The van der Waals surface area contributed by atoms with Crippen LogP contribution in [-0.4, -0.2) is 28.7 Å². The number of amides is 1. The van der Waals surface area contributed by atoms with Gasteiger partial charge in [0.2, 0.25) is 0 Å². The Morgan fingerprint density at radius 3 is 2.42 bits per heavy atom. The lowest BCUT2D eigenvalue weighted by Crippen LogP contribution is -2.36. The first-order chi connectivity index (χ1) is 9.15. The molecule has 19 heavy (non-hydrogen) atoms. The Morgan fingerprint density at radius 2 is 1.84 bits per heavy atom. The Bertz CT molecular complexity index is 400. The molecule has 0 bridgehead atoms. The average Bonchev–Trinajstić information content (AvgIpc) is 2.41. The van der Waals surface area contributed by atoms with Crippen molar-refractivity contribution < 1.29 is 9.90 Å². The quantitative estimate of drug-likeness (QED) is 0.876. The van der Waals surface area contributed by atoms with E-state index in [0.29, 0.717) is 25.0 Å². The van der Waals surface area contributed by atoms with Crippen LogP contribution in [0.5, 0.6) is 0 Å². The molecule has 3 N–H and O–H groups in total. The van der Waals surface area contributed by atoms with E-state index >= 15 is 0 Å². The minimum atomic E-state index is -0.835. The third-order valence-corrected chi connectivity index (χ3v) is 3.86. The van der Waals surface area contributed by atoms with Gasteiger partial charge in [-0.05, 0) is 37.2 Å². The maximum Gasteiger partial charge on any atom is 0.407 e. The van der Waals surface area contributed by atoms with E-state index in [0.717, 1.165) is 31.2 Å². The van der Waals surface area contributed by atoms with E-state index in [1.807, 2.05) is 30.3 Å². The van der Waals surface area contributed by atoms with E-state index < -0.39 is 6.09 Å². The number of hydrogen-bond acceptors (Lipinski definition) is 2. The first-order valence-electron chi connectivity index (χ1n) is 6.92. The predicted octanol–water partition coefficient (Wildman–Crippen LogP) is 2.68. The largest absolute Gasteiger partial charge is 0.465 e. The van der Waals surface area contributed by atoms with Gasteiger partial charge in [0.15, 0.2) is 0 Å². The number of carbonyl (C=O) groups is 1. The summed E-state index contributed by atoms with van der Waals surface area (Å²) in [5, 5.41) is 9.32. The van der Waals surface area contributed by atoms with Crippen molar-refractivity contribution in [1.29, 1.82) is 0 Å². The van der Waals surface area contributed by atoms with Gasteiger partial charge < -0.3 is 15.7 Å². The molecule has 1 aliphatic carbocycles. The van der Waals surface area contributed by atoms with Gasteiger partial charge in [0.05, 0.1) is 0 Å². The Kier molecular flexibility index (Phi) is 4.80. The Balaban J connectivity index is 1.91. The van der Waals surface area contributed by atoms with Crippen molar-refractivity contribution in [1.82, 2.24) is 4.90 Å². The molecule has 0 saturated heterocycles. The van der Waals surface area contributed by atoms with Crippen molar-refractivity contribution in [3.8, 4) is 0 Å². The summed E-state index contributed by atoms with van der Waals surface area (Å²) < 4.78 is 0. The van der Waals surface area contributed by atoms with Gasteiger partial charge in [-0.2, -0.15) is 0 Å². The zero-order chi connectivity index (χ0) is 13.7. The van der Waals surface area contributed by atoms with Crippen molar-refractivity contribution in [3.05, 3.63) is 35.9 Å². The molecule has 0 radical (unpaired) electrons.